The Balaban J connectivity index is 2.79. The van der Waals surface area contributed by atoms with Crippen LogP contribution in [-0.4, -0.2) is 21.4 Å². The first-order valence-electron chi connectivity index (χ1n) is 2.98. The topological polar surface area (TPSA) is 83.0 Å². The van der Waals surface area contributed by atoms with Gasteiger partial charge in [-0.2, -0.15) is 5.10 Å². The molecule has 0 aliphatic heterocycles. The standard InChI is InChI=1S/C5H7N5O/c1-2-6-9-5-8-4(11)3-7-10-5/h2-3H,1H3,(H2,8,9,10,11)/b6-2+. The molecule has 0 unspecified atom stereocenters. The van der Waals surface area contributed by atoms with Crippen LogP contribution in [0.5, 0.6) is 0 Å². The number of anilines is 1. The normalized spacial score (nSPS) is 10.3. The number of aromatic nitrogens is 3. The van der Waals surface area contributed by atoms with Gasteiger partial charge in [-0.3, -0.25) is 9.78 Å². The molecule has 6 nitrogen and oxygen atoms in total. The van der Waals surface area contributed by atoms with Crippen LogP contribution >= 0.6 is 0 Å². The molecule has 0 spiro atoms. The van der Waals surface area contributed by atoms with E-state index in [4.69, 9.17) is 0 Å². The summed E-state index contributed by atoms with van der Waals surface area (Å²) in [6, 6.07) is 0. The third-order valence-electron chi connectivity index (χ3n) is 0.874. The summed E-state index contributed by atoms with van der Waals surface area (Å²) >= 11 is 0. The summed E-state index contributed by atoms with van der Waals surface area (Å²) in [4.78, 5) is 13.0. The van der Waals surface area contributed by atoms with Crippen molar-refractivity contribution >= 4 is 12.2 Å². The Morgan fingerprint density at radius 2 is 2.64 bits per heavy atom. The summed E-state index contributed by atoms with van der Waals surface area (Å²) in [6.45, 7) is 1.74. The molecule has 1 aromatic rings. The number of aromatic amines is 1. The van der Waals surface area contributed by atoms with Crippen molar-refractivity contribution in [2.45, 2.75) is 6.92 Å². The van der Waals surface area contributed by atoms with E-state index in [1.165, 1.54) is 6.21 Å². The maximum atomic E-state index is 10.6. The lowest BCUT2D eigenvalue weighted by Crippen LogP contribution is -2.10. The summed E-state index contributed by atoms with van der Waals surface area (Å²) in [6.07, 6.45) is 2.62. The smallest absolute Gasteiger partial charge is 0.271 e. The van der Waals surface area contributed by atoms with E-state index in [1.807, 2.05) is 0 Å². The van der Waals surface area contributed by atoms with Crippen LogP contribution in [0.1, 0.15) is 6.92 Å². The molecule has 0 aromatic carbocycles. The van der Waals surface area contributed by atoms with Gasteiger partial charge >= 0.3 is 0 Å². The molecule has 0 aliphatic rings. The molecule has 0 saturated heterocycles. The fourth-order valence-electron chi connectivity index (χ4n) is 0.489. The fraction of sp³-hybridized carbons (Fsp3) is 0.200. The summed E-state index contributed by atoms with van der Waals surface area (Å²) in [5.74, 6) is 0.232. The minimum absolute atomic E-state index is 0.232. The first-order chi connectivity index (χ1) is 5.33. The predicted octanol–water partition coefficient (Wildman–Crippen LogP) is -0.418. The Morgan fingerprint density at radius 3 is 3.27 bits per heavy atom. The molecule has 0 radical (unpaired) electrons. The van der Waals surface area contributed by atoms with Gasteiger partial charge in [0.2, 0.25) is 5.95 Å². The molecule has 58 valence electrons. The third-order valence-corrected chi connectivity index (χ3v) is 0.874. The van der Waals surface area contributed by atoms with Crippen LogP contribution in [0.3, 0.4) is 0 Å². The highest BCUT2D eigenvalue weighted by Crippen LogP contribution is 1.86. The first-order valence-corrected chi connectivity index (χ1v) is 2.98. The Labute approximate surface area is 62.4 Å². The minimum Gasteiger partial charge on any atom is -0.289 e. The molecular formula is C5H7N5O. The van der Waals surface area contributed by atoms with Crippen LogP contribution in [0.4, 0.5) is 5.95 Å². The van der Waals surface area contributed by atoms with E-state index < -0.39 is 0 Å². The van der Waals surface area contributed by atoms with Gasteiger partial charge in [0.1, 0.15) is 6.20 Å². The SMILES string of the molecule is C/C=N/Nc1nncc(=O)[nH]1. The van der Waals surface area contributed by atoms with Crippen molar-refractivity contribution in [1.29, 1.82) is 0 Å². The van der Waals surface area contributed by atoms with E-state index in [1.54, 1.807) is 6.92 Å². The van der Waals surface area contributed by atoms with Gasteiger partial charge in [-0.05, 0) is 6.92 Å². The van der Waals surface area contributed by atoms with Crippen molar-refractivity contribution in [2.75, 3.05) is 5.43 Å². The van der Waals surface area contributed by atoms with E-state index >= 15 is 0 Å². The Kier molecular flexibility index (Phi) is 2.32. The van der Waals surface area contributed by atoms with E-state index in [0.29, 0.717) is 0 Å². The van der Waals surface area contributed by atoms with Gasteiger partial charge in [0, 0.05) is 6.21 Å². The average molecular weight is 153 g/mol. The third kappa shape index (κ3) is 2.17. The van der Waals surface area contributed by atoms with Crippen molar-refractivity contribution in [1.82, 2.24) is 15.2 Å². The molecule has 0 atom stereocenters. The van der Waals surface area contributed by atoms with Crippen LogP contribution in [0, 0.1) is 0 Å². The largest absolute Gasteiger partial charge is 0.289 e. The predicted molar refractivity (Wildman–Crippen MR) is 40.4 cm³/mol. The number of H-pyrrole nitrogens is 1. The van der Waals surface area contributed by atoms with Crippen molar-refractivity contribution in [2.24, 2.45) is 5.10 Å². The van der Waals surface area contributed by atoms with Crippen molar-refractivity contribution in [3.63, 3.8) is 0 Å². The van der Waals surface area contributed by atoms with Gasteiger partial charge in [0.05, 0.1) is 0 Å². The molecule has 0 fully saturated rings. The van der Waals surface area contributed by atoms with E-state index in [9.17, 15) is 4.79 Å². The van der Waals surface area contributed by atoms with Crippen molar-refractivity contribution in [3.8, 4) is 0 Å². The first kappa shape index (κ1) is 7.39. The van der Waals surface area contributed by atoms with Gasteiger partial charge in [0.15, 0.2) is 0 Å². The minimum atomic E-state index is -0.311. The molecule has 0 saturated carbocycles. The van der Waals surface area contributed by atoms with E-state index in [-0.39, 0.29) is 11.5 Å². The zero-order valence-corrected chi connectivity index (χ0v) is 5.90. The van der Waals surface area contributed by atoms with E-state index in [0.717, 1.165) is 6.20 Å². The van der Waals surface area contributed by atoms with Crippen molar-refractivity contribution < 1.29 is 0 Å². The zero-order valence-electron chi connectivity index (χ0n) is 5.90. The van der Waals surface area contributed by atoms with Gasteiger partial charge < -0.3 is 0 Å². The van der Waals surface area contributed by atoms with Crippen molar-refractivity contribution in [3.05, 3.63) is 16.6 Å². The van der Waals surface area contributed by atoms with Gasteiger partial charge in [-0.25, -0.2) is 5.43 Å². The number of hydrogen-bond acceptors (Lipinski definition) is 5. The monoisotopic (exact) mass is 153 g/mol. The number of hydrogen-bond donors (Lipinski definition) is 2. The highest BCUT2D eigenvalue weighted by molar-refractivity contribution is 5.54. The summed E-state index contributed by atoms with van der Waals surface area (Å²) in [5, 5.41) is 10.6. The summed E-state index contributed by atoms with van der Waals surface area (Å²) in [5.41, 5.74) is 2.16. The second kappa shape index (κ2) is 3.45. The molecule has 1 aromatic heterocycles. The number of rotatable bonds is 2. The Bertz CT molecular complexity index is 304. The number of nitrogens with one attached hydrogen (secondary N) is 2. The van der Waals surface area contributed by atoms with Crippen LogP contribution in [0.15, 0.2) is 16.1 Å². The van der Waals surface area contributed by atoms with Gasteiger partial charge in [-0.1, -0.05) is 0 Å². The molecule has 1 heterocycles. The van der Waals surface area contributed by atoms with Crippen LogP contribution in [0.2, 0.25) is 0 Å². The lowest BCUT2D eigenvalue weighted by Gasteiger charge is -1.93. The van der Waals surface area contributed by atoms with Gasteiger partial charge in [-0.15, -0.1) is 10.2 Å². The highest BCUT2D eigenvalue weighted by atomic mass is 16.1. The van der Waals surface area contributed by atoms with Crippen LogP contribution in [0.25, 0.3) is 0 Å². The zero-order chi connectivity index (χ0) is 8.10. The molecule has 6 heteroatoms. The molecule has 1 rings (SSSR count). The Morgan fingerprint density at radius 1 is 1.82 bits per heavy atom. The lowest BCUT2D eigenvalue weighted by molar-refractivity contribution is 0.939. The van der Waals surface area contributed by atoms with E-state index in [2.05, 4.69) is 25.7 Å². The molecule has 0 amide bonds. The Hall–Kier alpha value is -1.72. The fourth-order valence-corrected chi connectivity index (χ4v) is 0.489. The molecule has 0 aliphatic carbocycles. The number of nitrogens with zero attached hydrogens (tertiary/aromatic N) is 3. The summed E-state index contributed by atoms with van der Waals surface area (Å²) in [7, 11) is 0. The highest BCUT2D eigenvalue weighted by Gasteiger charge is 1.89. The quantitative estimate of drug-likeness (QED) is 0.446. The van der Waals surface area contributed by atoms with Crippen LogP contribution in [-0.2, 0) is 0 Å². The average Bonchev–Trinajstić information content (AvgIpc) is 2.01. The van der Waals surface area contributed by atoms with Crippen LogP contribution < -0.4 is 11.0 Å². The summed E-state index contributed by atoms with van der Waals surface area (Å²) < 4.78 is 0. The molecule has 0 bridgehead atoms. The maximum absolute atomic E-state index is 10.6. The van der Waals surface area contributed by atoms with Gasteiger partial charge in [0.25, 0.3) is 5.56 Å². The second-order valence-corrected chi connectivity index (χ2v) is 1.68. The molecular weight excluding hydrogens is 146 g/mol. The molecule has 11 heavy (non-hydrogen) atoms. The molecule has 2 N–H and O–H groups in total. The lowest BCUT2D eigenvalue weighted by atomic mass is 10.8. The number of hydrazone groups is 1. The maximum Gasteiger partial charge on any atom is 0.271 e. The second-order valence-electron chi connectivity index (χ2n) is 1.68.